The lowest BCUT2D eigenvalue weighted by Gasteiger charge is -2.40. The number of carbonyl (C=O) groups excluding carboxylic acids is 1. The van der Waals surface area contributed by atoms with Gasteiger partial charge in [0.15, 0.2) is 5.79 Å². The summed E-state index contributed by atoms with van der Waals surface area (Å²) in [5.41, 5.74) is 5.12. The van der Waals surface area contributed by atoms with Crippen LogP contribution in [0.5, 0.6) is 0 Å². The van der Waals surface area contributed by atoms with Crippen molar-refractivity contribution in [3.63, 3.8) is 0 Å². The van der Waals surface area contributed by atoms with Crippen molar-refractivity contribution in [3.05, 3.63) is 60.7 Å². The Kier molecular flexibility index (Phi) is 7.23. The van der Waals surface area contributed by atoms with Gasteiger partial charge in [-0.2, -0.15) is 0 Å². The minimum absolute atomic E-state index is 0.0922. The van der Waals surface area contributed by atoms with E-state index in [1.165, 1.54) is 22.4 Å². The van der Waals surface area contributed by atoms with Crippen LogP contribution in [0.1, 0.15) is 66.8 Å². The molecule has 1 aromatic carbocycles. The largest absolute Gasteiger partial charge is 0.348 e. The number of carbonyl (C=O) groups is 1. The summed E-state index contributed by atoms with van der Waals surface area (Å²) in [5.74, 6) is 0.612. The van der Waals surface area contributed by atoms with E-state index >= 15 is 0 Å². The number of benzene rings is 1. The standard InChI is InChI=1S/C28H31Br2ClN2O3/c29-21-13-20-2-1-19-14-22(31)15-23(30)24(19)25(26(20)32-16-21)17-5-9-33(10-6-17)27(34)18-3-7-28(8-4-18)35-11-12-36-28/h13-18,25H,1-12H2/t25-/m1/s1. The average molecular weight is 639 g/mol. The Bertz CT molecular complexity index is 1150. The van der Waals surface area contributed by atoms with Gasteiger partial charge in [0.1, 0.15) is 0 Å². The summed E-state index contributed by atoms with van der Waals surface area (Å²) in [4.78, 5) is 20.5. The molecule has 8 heteroatoms. The normalized spacial score (nSPS) is 24.4. The maximum Gasteiger partial charge on any atom is 0.225 e. The van der Waals surface area contributed by atoms with Crippen LogP contribution in [-0.4, -0.2) is 47.9 Å². The highest BCUT2D eigenvalue weighted by molar-refractivity contribution is 9.10. The number of rotatable bonds is 2. The van der Waals surface area contributed by atoms with Crippen molar-refractivity contribution in [1.29, 1.82) is 0 Å². The van der Waals surface area contributed by atoms with Crippen molar-refractivity contribution in [2.24, 2.45) is 11.8 Å². The number of nitrogens with zero attached hydrogens (tertiary/aromatic N) is 2. The van der Waals surface area contributed by atoms with Gasteiger partial charge in [-0.25, -0.2) is 0 Å². The van der Waals surface area contributed by atoms with Gasteiger partial charge < -0.3 is 14.4 Å². The monoisotopic (exact) mass is 636 g/mol. The molecule has 5 nitrogen and oxygen atoms in total. The zero-order chi connectivity index (χ0) is 24.9. The summed E-state index contributed by atoms with van der Waals surface area (Å²) < 4.78 is 13.8. The fraction of sp³-hybridized carbons (Fsp3) is 0.571. The number of fused-ring (bicyclic) bond motifs is 2. The number of aromatic nitrogens is 1. The first-order chi connectivity index (χ1) is 17.4. The number of piperidine rings is 1. The van der Waals surface area contributed by atoms with Gasteiger partial charge in [0.2, 0.25) is 5.91 Å². The van der Waals surface area contributed by atoms with Crippen molar-refractivity contribution in [2.75, 3.05) is 26.3 Å². The van der Waals surface area contributed by atoms with Crippen LogP contribution in [0.4, 0.5) is 0 Å². The van der Waals surface area contributed by atoms with Gasteiger partial charge in [-0.05, 0) is 95.3 Å². The van der Waals surface area contributed by atoms with E-state index in [4.69, 9.17) is 26.1 Å². The van der Waals surface area contributed by atoms with E-state index in [2.05, 4.69) is 48.9 Å². The predicted octanol–water partition coefficient (Wildman–Crippen LogP) is 6.66. The number of aryl methyl sites for hydroxylation is 2. The van der Waals surface area contributed by atoms with Gasteiger partial charge in [0, 0.05) is 57.9 Å². The molecule has 2 aromatic rings. The van der Waals surface area contributed by atoms with Gasteiger partial charge in [-0.1, -0.05) is 27.5 Å². The number of halogens is 3. The predicted molar refractivity (Wildman–Crippen MR) is 146 cm³/mol. The van der Waals surface area contributed by atoms with Crippen LogP contribution in [0.25, 0.3) is 0 Å². The van der Waals surface area contributed by atoms with E-state index in [1.54, 1.807) is 0 Å². The summed E-state index contributed by atoms with van der Waals surface area (Å²) in [6.07, 6.45) is 9.14. The van der Waals surface area contributed by atoms with Crippen LogP contribution in [-0.2, 0) is 27.1 Å². The lowest BCUT2D eigenvalue weighted by molar-refractivity contribution is -0.185. The molecule has 2 aliphatic carbocycles. The second-order valence-electron chi connectivity index (χ2n) is 10.7. The lowest BCUT2D eigenvalue weighted by Crippen LogP contribution is -2.45. The minimum Gasteiger partial charge on any atom is -0.348 e. The third-order valence-corrected chi connectivity index (χ3v) is 9.96. The maximum absolute atomic E-state index is 13.4. The molecule has 3 heterocycles. The Balaban J connectivity index is 1.20. The number of likely N-dealkylation sites (tertiary alicyclic amines) is 1. The van der Waals surface area contributed by atoms with Crippen LogP contribution < -0.4 is 0 Å². The lowest BCUT2D eigenvalue weighted by atomic mass is 9.76. The molecule has 4 aliphatic rings. The highest BCUT2D eigenvalue weighted by Crippen LogP contribution is 2.46. The van der Waals surface area contributed by atoms with Crippen molar-refractivity contribution < 1.29 is 14.3 Å². The van der Waals surface area contributed by atoms with Gasteiger partial charge >= 0.3 is 0 Å². The van der Waals surface area contributed by atoms with E-state index in [9.17, 15) is 4.79 Å². The molecular formula is C28H31Br2ClN2O3. The summed E-state index contributed by atoms with van der Waals surface area (Å²) in [7, 11) is 0. The Morgan fingerprint density at radius 3 is 2.42 bits per heavy atom. The van der Waals surface area contributed by atoms with Gasteiger partial charge in [0.25, 0.3) is 0 Å². The van der Waals surface area contributed by atoms with Crippen molar-refractivity contribution >= 4 is 49.4 Å². The van der Waals surface area contributed by atoms with E-state index in [0.717, 1.165) is 78.4 Å². The van der Waals surface area contributed by atoms with Crippen LogP contribution >= 0.6 is 43.5 Å². The fourth-order valence-corrected chi connectivity index (χ4v) is 8.33. The molecular weight excluding hydrogens is 608 g/mol. The molecule has 1 amide bonds. The molecule has 1 saturated carbocycles. The Labute approximate surface area is 234 Å². The van der Waals surface area contributed by atoms with E-state index < -0.39 is 5.79 Å². The van der Waals surface area contributed by atoms with Crippen molar-refractivity contribution in [3.8, 4) is 0 Å². The second kappa shape index (κ2) is 10.3. The summed E-state index contributed by atoms with van der Waals surface area (Å²) in [6, 6.07) is 6.37. The molecule has 0 unspecified atom stereocenters. The van der Waals surface area contributed by atoms with Crippen LogP contribution in [0, 0.1) is 11.8 Å². The van der Waals surface area contributed by atoms with Crippen LogP contribution in [0.15, 0.2) is 33.3 Å². The molecule has 0 N–H and O–H groups in total. The highest BCUT2D eigenvalue weighted by Gasteiger charge is 2.43. The molecule has 3 fully saturated rings. The SMILES string of the molecule is O=C(C1CCC2(CC1)OCCO2)N1CCC([C@H]2c3ncc(Br)cc3CCc3cc(Cl)cc(Br)c32)CC1. The number of pyridine rings is 1. The van der Waals surface area contributed by atoms with Crippen molar-refractivity contribution in [2.45, 2.75) is 63.1 Å². The van der Waals surface area contributed by atoms with Crippen LogP contribution in [0.3, 0.4) is 0 Å². The zero-order valence-electron chi connectivity index (χ0n) is 20.3. The summed E-state index contributed by atoms with van der Waals surface area (Å²) >= 11 is 13.9. The minimum atomic E-state index is -0.414. The summed E-state index contributed by atoms with van der Waals surface area (Å²) in [6.45, 7) is 2.96. The molecule has 2 saturated heterocycles. The third-order valence-electron chi connectivity index (χ3n) is 8.65. The Morgan fingerprint density at radius 1 is 1.00 bits per heavy atom. The van der Waals surface area contributed by atoms with Crippen molar-refractivity contribution in [1.82, 2.24) is 9.88 Å². The zero-order valence-corrected chi connectivity index (χ0v) is 24.2. The first kappa shape index (κ1) is 25.3. The number of hydrogen-bond donors (Lipinski definition) is 0. The molecule has 36 heavy (non-hydrogen) atoms. The quantitative estimate of drug-likeness (QED) is 0.369. The highest BCUT2D eigenvalue weighted by atomic mass is 79.9. The molecule has 192 valence electrons. The number of ether oxygens (including phenoxy) is 2. The Hall–Kier alpha value is -0.990. The van der Waals surface area contributed by atoms with E-state index in [1.807, 2.05) is 12.3 Å². The summed E-state index contributed by atoms with van der Waals surface area (Å²) in [5, 5.41) is 0.766. The average Bonchev–Trinajstić information content (AvgIpc) is 3.26. The molecule has 1 atom stereocenters. The second-order valence-corrected chi connectivity index (χ2v) is 12.9. The van der Waals surface area contributed by atoms with Gasteiger partial charge in [0.05, 0.1) is 18.9 Å². The molecule has 1 spiro atoms. The first-order valence-electron chi connectivity index (χ1n) is 13.1. The molecule has 2 aliphatic heterocycles. The topological polar surface area (TPSA) is 51.7 Å². The van der Waals surface area contributed by atoms with Crippen LogP contribution in [0.2, 0.25) is 5.02 Å². The first-order valence-corrected chi connectivity index (χ1v) is 15.1. The van der Waals surface area contributed by atoms with Gasteiger partial charge in [-0.15, -0.1) is 0 Å². The molecule has 0 bridgehead atoms. The fourth-order valence-electron chi connectivity index (χ4n) is 6.83. The van der Waals surface area contributed by atoms with E-state index in [-0.39, 0.29) is 11.8 Å². The smallest absolute Gasteiger partial charge is 0.225 e. The van der Waals surface area contributed by atoms with E-state index in [0.29, 0.717) is 25.0 Å². The molecule has 6 rings (SSSR count). The maximum atomic E-state index is 13.4. The molecule has 1 aromatic heterocycles. The third kappa shape index (κ3) is 4.79. The van der Waals surface area contributed by atoms with Gasteiger partial charge in [-0.3, -0.25) is 9.78 Å². The Morgan fingerprint density at radius 2 is 1.69 bits per heavy atom. The number of hydrogen-bond acceptors (Lipinski definition) is 4. The molecule has 0 radical (unpaired) electrons. The number of amides is 1.